The lowest BCUT2D eigenvalue weighted by Crippen LogP contribution is -2.50. The average Bonchev–Trinajstić information content (AvgIpc) is 2.46. The van der Waals surface area contributed by atoms with E-state index < -0.39 is 12.0 Å². The minimum absolute atomic E-state index is 0.236. The number of nitrogens with zero attached hydrogens (tertiary/aromatic N) is 2. The highest BCUT2D eigenvalue weighted by Gasteiger charge is 2.36. The molecule has 1 saturated heterocycles. The number of amides is 1. The first-order valence-corrected chi connectivity index (χ1v) is 6.78. The molecule has 2 unspecified atom stereocenters. The Bertz CT molecular complexity index is 501. The molecule has 2 heterocycles. The normalized spacial score (nSPS) is 22.6. The molecular formula is C14H19N3O3. The van der Waals surface area contributed by atoms with Crippen LogP contribution in [-0.2, 0) is 4.79 Å². The number of rotatable bonds is 3. The van der Waals surface area contributed by atoms with Crippen molar-refractivity contribution in [1.29, 1.82) is 0 Å². The third kappa shape index (κ3) is 2.89. The van der Waals surface area contributed by atoms with Crippen molar-refractivity contribution < 1.29 is 14.7 Å². The second-order valence-electron chi connectivity index (χ2n) is 5.13. The third-order valence-electron chi connectivity index (χ3n) is 3.84. The van der Waals surface area contributed by atoms with Crippen molar-refractivity contribution in [3.63, 3.8) is 0 Å². The standard InChI is InChI=1S/C14H19N3O3/c1-2-9-5-6-17(12(7-9)14(19)20)13(18)11-4-3-10(15)8-16-11/h3-4,8-9,12H,2,5-7,15H2,1H3,(H,19,20). The number of nitrogen functional groups attached to an aromatic ring is 1. The van der Waals surface area contributed by atoms with Crippen LogP contribution in [0.3, 0.4) is 0 Å². The molecule has 20 heavy (non-hydrogen) atoms. The highest BCUT2D eigenvalue weighted by Crippen LogP contribution is 2.26. The molecule has 1 aliphatic heterocycles. The van der Waals surface area contributed by atoms with Crippen molar-refractivity contribution in [2.45, 2.75) is 32.2 Å². The summed E-state index contributed by atoms with van der Waals surface area (Å²) in [6, 6.07) is 2.36. The quantitative estimate of drug-likeness (QED) is 0.870. The number of piperidine rings is 1. The number of carbonyl (C=O) groups excluding carboxylic acids is 1. The Hall–Kier alpha value is -2.11. The largest absolute Gasteiger partial charge is 0.480 e. The van der Waals surface area contributed by atoms with Crippen LogP contribution in [0.25, 0.3) is 0 Å². The number of carbonyl (C=O) groups is 2. The van der Waals surface area contributed by atoms with Gasteiger partial charge in [-0.25, -0.2) is 9.78 Å². The summed E-state index contributed by atoms with van der Waals surface area (Å²) in [5, 5.41) is 9.33. The third-order valence-corrected chi connectivity index (χ3v) is 3.84. The zero-order valence-corrected chi connectivity index (χ0v) is 11.5. The molecule has 1 fully saturated rings. The first-order valence-electron chi connectivity index (χ1n) is 6.78. The van der Waals surface area contributed by atoms with Gasteiger partial charge in [0.15, 0.2) is 0 Å². The maximum atomic E-state index is 12.4. The van der Waals surface area contributed by atoms with Gasteiger partial charge in [-0.15, -0.1) is 0 Å². The summed E-state index contributed by atoms with van der Waals surface area (Å²) in [6.07, 6.45) is 3.68. The predicted molar refractivity (Wildman–Crippen MR) is 74.1 cm³/mol. The van der Waals surface area contributed by atoms with Gasteiger partial charge in [0.1, 0.15) is 11.7 Å². The van der Waals surface area contributed by atoms with E-state index in [-0.39, 0.29) is 11.6 Å². The Morgan fingerprint density at radius 1 is 1.50 bits per heavy atom. The fourth-order valence-electron chi connectivity index (χ4n) is 2.57. The molecule has 3 N–H and O–H groups in total. The predicted octanol–water partition coefficient (Wildman–Crippen LogP) is 1.38. The number of carboxylic acid groups (broad SMARTS) is 1. The summed E-state index contributed by atoms with van der Waals surface area (Å²) in [7, 11) is 0. The van der Waals surface area contributed by atoms with E-state index in [1.54, 1.807) is 6.07 Å². The van der Waals surface area contributed by atoms with Crippen LogP contribution in [0.5, 0.6) is 0 Å². The Labute approximate surface area is 117 Å². The van der Waals surface area contributed by atoms with Gasteiger partial charge >= 0.3 is 5.97 Å². The monoisotopic (exact) mass is 277 g/mol. The van der Waals surface area contributed by atoms with Gasteiger partial charge in [0.2, 0.25) is 0 Å². The van der Waals surface area contributed by atoms with E-state index in [9.17, 15) is 14.7 Å². The zero-order chi connectivity index (χ0) is 14.7. The fraction of sp³-hybridized carbons (Fsp3) is 0.500. The molecular weight excluding hydrogens is 258 g/mol. The van der Waals surface area contributed by atoms with Crippen molar-refractivity contribution >= 4 is 17.6 Å². The number of carboxylic acids is 1. The van der Waals surface area contributed by atoms with Gasteiger partial charge in [-0.2, -0.15) is 0 Å². The summed E-state index contributed by atoms with van der Waals surface area (Å²) in [4.78, 5) is 29.1. The van der Waals surface area contributed by atoms with Crippen LogP contribution in [0.4, 0.5) is 5.69 Å². The number of hydrogen-bond donors (Lipinski definition) is 2. The van der Waals surface area contributed by atoms with E-state index in [1.807, 2.05) is 6.92 Å². The molecule has 0 spiro atoms. The molecule has 6 heteroatoms. The summed E-state index contributed by atoms with van der Waals surface area (Å²) in [6.45, 7) is 2.50. The maximum absolute atomic E-state index is 12.4. The minimum Gasteiger partial charge on any atom is -0.480 e. The van der Waals surface area contributed by atoms with Gasteiger partial charge in [-0.3, -0.25) is 4.79 Å². The molecule has 2 rings (SSSR count). The molecule has 1 aliphatic rings. The van der Waals surface area contributed by atoms with Crippen molar-refractivity contribution in [3.05, 3.63) is 24.0 Å². The second-order valence-corrected chi connectivity index (χ2v) is 5.13. The Kier molecular flexibility index (Phi) is 4.22. The first-order chi connectivity index (χ1) is 9.52. The molecule has 6 nitrogen and oxygen atoms in total. The number of aromatic nitrogens is 1. The number of aliphatic carboxylic acids is 1. The molecule has 1 aromatic rings. The van der Waals surface area contributed by atoms with Gasteiger partial charge in [0, 0.05) is 6.54 Å². The lowest BCUT2D eigenvalue weighted by Gasteiger charge is -2.36. The summed E-state index contributed by atoms with van der Waals surface area (Å²) in [5.41, 5.74) is 6.25. The molecule has 0 saturated carbocycles. The van der Waals surface area contributed by atoms with Crippen LogP contribution >= 0.6 is 0 Å². The molecule has 1 amide bonds. The van der Waals surface area contributed by atoms with Crippen molar-refractivity contribution in [3.8, 4) is 0 Å². The lowest BCUT2D eigenvalue weighted by molar-refractivity contribution is -0.144. The highest BCUT2D eigenvalue weighted by atomic mass is 16.4. The topological polar surface area (TPSA) is 96.5 Å². The van der Waals surface area contributed by atoms with Crippen molar-refractivity contribution in [1.82, 2.24) is 9.88 Å². The fourth-order valence-corrected chi connectivity index (χ4v) is 2.57. The van der Waals surface area contributed by atoms with Crippen LogP contribution in [0, 0.1) is 5.92 Å². The van der Waals surface area contributed by atoms with Crippen LogP contribution in [0.15, 0.2) is 18.3 Å². The number of pyridine rings is 1. The van der Waals surface area contributed by atoms with E-state index in [0.717, 1.165) is 12.8 Å². The number of likely N-dealkylation sites (tertiary alicyclic amines) is 1. The van der Waals surface area contributed by atoms with Crippen LogP contribution in [0.2, 0.25) is 0 Å². The van der Waals surface area contributed by atoms with E-state index >= 15 is 0 Å². The van der Waals surface area contributed by atoms with E-state index in [2.05, 4.69) is 4.98 Å². The van der Waals surface area contributed by atoms with Crippen LogP contribution < -0.4 is 5.73 Å². The minimum atomic E-state index is -0.952. The van der Waals surface area contributed by atoms with Crippen LogP contribution in [-0.4, -0.2) is 39.5 Å². The smallest absolute Gasteiger partial charge is 0.326 e. The Balaban J connectivity index is 2.19. The number of hydrogen-bond acceptors (Lipinski definition) is 4. The van der Waals surface area contributed by atoms with Crippen molar-refractivity contribution in [2.75, 3.05) is 12.3 Å². The Morgan fingerprint density at radius 2 is 2.25 bits per heavy atom. The molecule has 2 atom stereocenters. The Morgan fingerprint density at radius 3 is 2.80 bits per heavy atom. The van der Waals surface area contributed by atoms with E-state index in [4.69, 9.17) is 5.73 Å². The summed E-state index contributed by atoms with van der Waals surface area (Å²) in [5.74, 6) is -0.932. The van der Waals surface area contributed by atoms with Gasteiger partial charge < -0.3 is 15.7 Å². The van der Waals surface area contributed by atoms with E-state index in [1.165, 1.54) is 17.2 Å². The highest BCUT2D eigenvalue weighted by molar-refractivity contribution is 5.95. The van der Waals surface area contributed by atoms with Crippen molar-refractivity contribution in [2.24, 2.45) is 5.92 Å². The zero-order valence-electron chi connectivity index (χ0n) is 11.5. The lowest BCUT2D eigenvalue weighted by atomic mass is 9.88. The second kappa shape index (κ2) is 5.90. The van der Waals surface area contributed by atoms with E-state index in [0.29, 0.717) is 24.6 Å². The SMILES string of the molecule is CCC1CCN(C(=O)c2ccc(N)cn2)C(C(=O)O)C1. The van der Waals surface area contributed by atoms with Gasteiger partial charge in [-0.1, -0.05) is 13.3 Å². The molecule has 108 valence electrons. The van der Waals surface area contributed by atoms with Gasteiger partial charge in [0.05, 0.1) is 11.9 Å². The van der Waals surface area contributed by atoms with Gasteiger partial charge in [0.25, 0.3) is 5.91 Å². The summed E-state index contributed by atoms with van der Waals surface area (Å²) >= 11 is 0. The molecule has 1 aromatic heterocycles. The summed E-state index contributed by atoms with van der Waals surface area (Å²) < 4.78 is 0. The number of nitrogens with two attached hydrogens (primary N) is 1. The molecule has 0 bridgehead atoms. The maximum Gasteiger partial charge on any atom is 0.326 e. The average molecular weight is 277 g/mol. The molecule has 0 aromatic carbocycles. The molecule has 0 aliphatic carbocycles. The van der Waals surface area contributed by atoms with Gasteiger partial charge in [-0.05, 0) is 30.9 Å². The molecule has 0 radical (unpaired) electrons. The van der Waals surface area contributed by atoms with Crippen LogP contribution in [0.1, 0.15) is 36.7 Å². The number of anilines is 1. The first kappa shape index (κ1) is 14.3.